The number of anilines is 1. The summed E-state index contributed by atoms with van der Waals surface area (Å²) < 4.78 is 1.43. The number of hydrazine groups is 1. The van der Waals surface area contributed by atoms with Crippen LogP contribution < -0.4 is 17.0 Å². The molecule has 0 bridgehead atoms. The maximum Gasteiger partial charge on any atom is 0.343 e. The maximum atomic E-state index is 11.5. The molecule has 0 aliphatic heterocycles. The van der Waals surface area contributed by atoms with Crippen molar-refractivity contribution in [3.63, 3.8) is 0 Å². The molecule has 106 valence electrons. The lowest BCUT2D eigenvalue weighted by Crippen LogP contribution is -2.16. The summed E-state index contributed by atoms with van der Waals surface area (Å²) in [6, 6.07) is 4.35. The van der Waals surface area contributed by atoms with E-state index in [1.807, 2.05) is 0 Å². The van der Waals surface area contributed by atoms with Crippen molar-refractivity contribution in [3.8, 4) is 0 Å². The number of aromatic nitrogens is 3. The molecule has 0 aliphatic carbocycles. The van der Waals surface area contributed by atoms with Crippen LogP contribution in [0.1, 0.15) is 6.92 Å². The van der Waals surface area contributed by atoms with Gasteiger partial charge in [-0.25, -0.2) is 9.89 Å². The van der Waals surface area contributed by atoms with Gasteiger partial charge in [0, 0.05) is 23.6 Å². The molecule has 1 aromatic carbocycles. The van der Waals surface area contributed by atoms with Crippen LogP contribution in [-0.4, -0.2) is 19.7 Å². The third kappa shape index (κ3) is 2.81. The second-order valence-corrected chi connectivity index (χ2v) is 4.82. The molecule has 0 amide bonds. The van der Waals surface area contributed by atoms with E-state index in [1.165, 1.54) is 16.7 Å². The highest BCUT2D eigenvalue weighted by atomic mass is 32.2. The molecule has 20 heavy (non-hydrogen) atoms. The Kier molecular flexibility index (Phi) is 4.05. The average Bonchev–Trinajstić information content (AvgIpc) is 2.78. The Morgan fingerprint density at radius 2 is 2.30 bits per heavy atom. The lowest BCUT2D eigenvalue weighted by Gasteiger charge is -2.05. The minimum Gasteiger partial charge on any atom is -0.324 e. The quantitative estimate of drug-likeness (QED) is 0.425. The number of rotatable bonds is 5. The van der Waals surface area contributed by atoms with Gasteiger partial charge in [-0.2, -0.15) is 0 Å². The van der Waals surface area contributed by atoms with Crippen LogP contribution in [0.3, 0.4) is 0 Å². The van der Waals surface area contributed by atoms with Crippen LogP contribution in [0.4, 0.5) is 11.4 Å². The Hall–Kier alpha value is -2.33. The fourth-order valence-electron chi connectivity index (χ4n) is 1.60. The third-order valence-electron chi connectivity index (χ3n) is 2.52. The number of nitro groups is 1. The van der Waals surface area contributed by atoms with Crippen LogP contribution >= 0.6 is 11.8 Å². The molecule has 10 heteroatoms. The number of nitrogen functional groups attached to an aromatic ring is 1. The molecule has 0 fully saturated rings. The second-order valence-electron chi connectivity index (χ2n) is 3.77. The molecule has 0 atom stereocenters. The van der Waals surface area contributed by atoms with Gasteiger partial charge in [-0.05, 0) is 24.8 Å². The lowest BCUT2D eigenvalue weighted by atomic mass is 10.3. The number of hydrogen-bond donors (Lipinski definition) is 3. The van der Waals surface area contributed by atoms with E-state index in [-0.39, 0.29) is 11.4 Å². The van der Waals surface area contributed by atoms with E-state index in [2.05, 4.69) is 15.6 Å². The molecule has 0 saturated heterocycles. The van der Waals surface area contributed by atoms with Crippen LogP contribution in [0.2, 0.25) is 0 Å². The number of hydrogen-bond acceptors (Lipinski definition) is 7. The van der Waals surface area contributed by atoms with Crippen molar-refractivity contribution < 1.29 is 4.92 Å². The number of non-ortho nitro benzene ring substituents is 1. The zero-order chi connectivity index (χ0) is 14.7. The SMILES string of the molecule is CCn1c(Sc2cc(NN)cc([N+](=O)[O-])c2)n[nH]c1=O. The Balaban J connectivity index is 2.39. The van der Waals surface area contributed by atoms with Gasteiger partial charge >= 0.3 is 5.69 Å². The van der Waals surface area contributed by atoms with E-state index in [0.717, 1.165) is 11.8 Å². The first-order valence-electron chi connectivity index (χ1n) is 5.64. The number of nitrogens with two attached hydrogens (primary N) is 1. The Labute approximate surface area is 117 Å². The summed E-state index contributed by atoms with van der Waals surface area (Å²) in [5.74, 6) is 5.28. The molecule has 1 aromatic heterocycles. The minimum absolute atomic E-state index is 0.0936. The van der Waals surface area contributed by atoms with Crippen molar-refractivity contribution in [1.82, 2.24) is 14.8 Å². The van der Waals surface area contributed by atoms with E-state index in [0.29, 0.717) is 22.3 Å². The zero-order valence-electron chi connectivity index (χ0n) is 10.5. The number of nitro benzene ring substituents is 1. The number of H-pyrrole nitrogens is 1. The predicted molar refractivity (Wildman–Crippen MR) is 73.6 cm³/mol. The van der Waals surface area contributed by atoms with Crippen molar-refractivity contribution in [2.45, 2.75) is 23.5 Å². The predicted octanol–water partition coefficient (Wildman–Crippen LogP) is 0.936. The van der Waals surface area contributed by atoms with Crippen molar-refractivity contribution in [1.29, 1.82) is 0 Å². The van der Waals surface area contributed by atoms with Gasteiger partial charge in [-0.1, -0.05) is 0 Å². The molecule has 0 aliphatic rings. The molecule has 4 N–H and O–H groups in total. The monoisotopic (exact) mass is 296 g/mol. The van der Waals surface area contributed by atoms with Gasteiger partial charge in [-0.15, -0.1) is 5.10 Å². The Morgan fingerprint density at radius 3 is 2.90 bits per heavy atom. The number of nitrogens with one attached hydrogen (secondary N) is 2. The summed E-state index contributed by atoms with van der Waals surface area (Å²) in [6.45, 7) is 2.26. The molecule has 2 rings (SSSR count). The van der Waals surface area contributed by atoms with E-state index >= 15 is 0 Å². The highest BCUT2D eigenvalue weighted by Crippen LogP contribution is 2.31. The minimum atomic E-state index is -0.512. The van der Waals surface area contributed by atoms with Crippen molar-refractivity contribution in [2.24, 2.45) is 5.84 Å². The van der Waals surface area contributed by atoms with E-state index < -0.39 is 4.92 Å². The maximum absolute atomic E-state index is 11.5. The molecule has 1 heterocycles. The molecular weight excluding hydrogens is 284 g/mol. The van der Waals surface area contributed by atoms with Gasteiger partial charge in [0.1, 0.15) is 0 Å². The summed E-state index contributed by atoms with van der Waals surface area (Å²) in [7, 11) is 0. The van der Waals surface area contributed by atoms with Gasteiger partial charge < -0.3 is 5.43 Å². The highest BCUT2D eigenvalue weighted by molar-refractivity contribution is 7.99. The average molecular weight is 296 g/mol. The van der Waals surface area contributed by atoms with Crippen molar-refractivity contribution in [2.75, 3.05) is 5.43 Å². The van der Waals surface area contributed by atoms with Crippen LogP contribution in [0.15, 0.2) is 33.0 Å². The molecule has 0 spiro atoms. The smallest absolute Gasteiger partial charge is 0.324 e. The fraction of sp³-hybridized carbons (Fsp3) is 0.200. The Morgan fingerprint density at radius 1 is 1.55 bits per heavy atom. The lowest BCUT2D eigenvalue weighted by molar-refractivity contribution is -0.385. The summed E-state index contributed by atoms with van der Waals surface area (Å²) in [4.78, 5) is 22.3. The number of aromatic amines is 1. The van der Waals surface area contributed by atoms with Crippen molar-refractivity contribution in [3.05, 3.63) is 38.8 Å². The molecular formula is C10H12N6O3S. The molecule has 9 nitrogen and oxygen atoms in total. The molecule has 2 aromatic rings. The van der Waals surface area contributed by atoms with Gasteiger partial charge in [0.25, 0.3) is 5.69 Å². The summed E-state index contributed by atoms with van der Waals surface area (Å²) in [6.07, 6.45) is 0. The van der Waals surface area contributed by atoms with Gasteiger partial charge in [-0.3, -0.25) is 20.5 Å². The van der Waals surface area contributed by atoms with E-state index in [9.17, 15) is 14.9 Å². The fourth-order valence-corrected chi connectivity index (χ4v) is 2.59. The van der Waals surface area contributed by atoms with Gasteiger partial charge in [0.15, 0.2) is 5.16 Å². The van der Waals surface area contributed by atoms with E-state index in [1.54, 1.807) is 13.0 Å². The molecule has 0 saturated carbocycles. The highest BCUT2D eigenvalue weighted by Gasteiger charge is 2.13. The van der Waals surface area contributed by atoms with E-state index in [4.69, 9.17) is 5.84 Å². The topological polar surface area (TPSA) is 132 Å². The first-order valence-corrected chi connectivity index (χ1v) is 6.46. The number of nitrogens with zero attached hydrogens (tertiary/aromatic N) is 3. The van der Waals surface area contributed by atoms with Crippen LogP contribution in [-0.2, 0) is 6.54 Å². The standard InChI is InChI=1S/C10H12N6O3S/c1-2-15-9(17)13-14-10(15)20-8-4-6(12-11)3-7(5-8)16(18)19/h3-5,12H,2,11H2,1H3,(H,13,17). The zero-order valence-corrected chi connectivity index (χ0v) is 11.3. The number of benzene rings is 1. The summed E-state index contributed by atoms with van der Waals surface area (Å²) in [5, 5.41) is 17.5. The first kappa shape index (κ1) is 14.1. The van der Waals surface area contributed by atoms with Gasteiger partial charge in [0.2, 0.25) is 0 Å². The van der Waals surface area contributed by atoms with Crippen LogP contribution in [0.25, 0.3) is 0 Å². The first-order chi connectivity index (χ1) is 9.55. The largest absolute Gasteiger partial charge is 0.343 e. The van der Waals surface area contributed by atoms with Gasteiger partial charge in [0.05, 0.1) is 10.6 Å². The van der Waals surface area contributed by atoms with Crippen LogP contribution in [0.5, 0.6) is 0 Å². The second kappa shape index (κ2) is 5.75. The molecule has 0 unspecified atom stereocenters. The summed E-state index contributed by atoms with van der Waals surface area (Å²) in [5.41, 5.74) is 2.36. The summed E-state index contributed by atoms with van der Waals surface area (Å²) >= 11 is 1.14. The molecule has 0 radical (unpaired) electrons. The van der Waals surface area contributed by atoms with Crippen LogP contribution in [0, 0.1) is 10.1 Å². The normalized spacial score (nSPS) is 10.5. The third-order valence-corrected chi connectivity index (χ3v) is 3.48. The van der Waals surface area contributed by atoms with Crippen molar-refractivity contribution >= 4 is 23.1 Å². The Bertz CT molecular complexity index is 695.